The van der Waals surface area contributed by atoms with Crippen molar-refractivity contribution in [1.82, 2.24) is 5.32 Å². The molecule has 2 nitrogen and oxygen atoms in total. The molecule has 0 saturated carbocycles. The Bertz CT molecular complexity index is 396. The molecule has 1 saturated heterocycles. The largest absolute Gasteiger partial charge is 0.388 e. The lowest BCUT2D eigenvalue weighted by molar-refractivity contribution is 0.149. The van der Waals surface area contributed by atoms with Gasteiger partial charge in [-0.2, -0.15) is 0 Å². The van der Waals surface area contributed by atoms with Gasteiger partial charge in [-0.3, -0.25) is 0 Å². The molecule has 1 aliphatic rings. The molecule has 19 heavy (non-hydrogen) atoms. The molecule has 2 rings (SSSR count). The summed E-state index contributed by atoms with van der Waals surface area (Å²) in [5.74, 6) is 0. The van der Waals surface area contributed by atoms with Crippen molar-refractivity contribution in [3.05, 3.63) is 34.4 Å². The molecule has 0 bridgehead atoms. The average molecular weight is 261 g/mol. The summed E-state index contributed by atoms with van der Waals surface area (Å²) < 4.78 is 0. The molecule has 2 atom stereocenters. The maximum atomic E-state index is 10.6. The van der Waals surface area contributed by atoms with E-state index >= 15 is 0 Å². The molecular formula is C17H27NO. The first-order chi connectivity index (χ1) is 9.08. The van der Waals surface area contributed by atoms with Crippen LogP contribution in [0.1, 0.15) is 60.5 Å². The first-order valence-corrected chi connectivity index (χ1v) is 7.57. The van der Waals surface area contributed by atoms with E-state index in [1.165, 1.54) is 42.4 Å². The van der Waals surface area contributed by atoms with Crippen LogP contribution in [0.5, 0.6) is 0 Å². The lowest BCUT2D eigenvalue weighted by Crippen LogP contribution is -2.30. The highest BCUT2D eigenvalue weighted by Gasteiger charge is 2.20. The molecule has 2 unspecified atom stereocenters. The fourth-order valence-corrected chi connectivity index (χ4v) is 3.41. The average Bonchev–Trinajstić information content (AvgIpc) is 2.56. The van der Waals surface area contributed by atoms with Gasteiger partial charge in [-0.25, -0.2) is 0 Å². The predicted molar refractivity (Wildman–Crippen MR) is 80.5 cm³/mol. The normalized spacial score (nSPS) is 22.0. The number of nitrogens with one attached hydrogen (secondary N) is 1. The van der Waals surface area contributed by atoms with Crippen LogP contribution in [0, 0.1) is 20.8 Å². The first kappa shape index (κ1) is 14.5. The fourth-order valence-electron chi connectivity index (χ4n) is 3.41. The minimum absolute atomic E-state index is 0.337. The summed E-state index contributed by atoms with van der Waals surface area (Å²) in [6.07, 6.45) is 5.58. The van der Waals surface area contributed by atoms with Crippen molar-refractivity contribution in [3.63, 3.8) is 0 Å². The molecule has 0 aliphatic carbocycles. The highest BCUT2D eigenvalue weighted by Crippen LogP contribution is 2.28. The van der Waals surface area contributed by atoms with Crippen LogP contribution in [0.15, 0.2) is 12.1 Å². The SMILES string of the molecule is Cc1cc(C)c(C(O)CC2CCCCCN2)c(C)c1. The molecular weight excluding hydrogens is 234 g/mol. The van der Waals surface area contributed by atoms with Gasteiger partial charge >= 0.3 is 0 Å². The Morgan fingerprint density at radius 3 is 2.53 bits per heavy atom. The third-order valence-corrected chi connectivity index (χ3v) is 4.24. The van der Waals surface area contributed by atoms with E-state index in [0.717, 1.165) is 18.5 Å². The van der Waals surface area contributed by atoms with Crippen molar-refractivity contribution < 1.29 is 5.11 Å². The zero-order valence-corrected chi connectivity index (χ0v) is 12.5. The van der Waals surface area contributed by atoms with Crippen molar-refractivity contribution in [2.75, 3.05) is 6.54 Å². The van der Waals surface area contributed by atoms with E-state index in [-0.39, 0.29) is 6.10 Å². The topological polar surface area (TPSA) is 32.3 Å². The van der Waals surface area contributed by atoms with Gasteiger partial charge < -0.3 is 10.4 Å². The Balaban J connectivity index is 2.08. The van der Waals surface area contributed by atoms with Gasteiger partial charge in [0.05, 0.1) is 6.10 Å². The molecule has 1 aromatic rings. The van der Waals surface area contributed by atoms with E-state index in [2.05, 4.69) is 38.2 Å². The van der Waals surface area contributed by atoms with E-state index in [4.69, 9.17) is 0 Å². The second kappa shape index (κ2) is 6.53. The van der Waals surface area contributed by atoms with E-state index in [1.807, 2.05) is 0 Å². The molecule has 0 radical (unpaired) electrons. The molecule has 0 aromatic heterocycles. The van der Waals surface area contributed by atoms with Crippen LogP contribution in [0.3, 0.4) is 0 Å². The third kappa shape index (κ3) is 3.80. The number of hydrogen-bond acceptors (Lipinski definition) is 2. The standard InChI is InChI=1S/C17H27NO/c1-12-9-13(2)17(14(3)10-12)16(19)11-15-7-5-4-6-8-18-15/h9-10,15-16,18-19H,4-8,11H2,1-3H3. The quantitative estimate of drug-likeness (QED) is 0.872. The highest BCUT2D eigenvalue weighted by molar-refractivity contribution is 5.39. The number of aliphatic hydroxyl groups is 1. The highest BCUT2D eigenvalue weighted by atomic mass is 16.3. The zero-order chi connectivity index (χ0) is 13.8. The number of aryl methyl sites for hydroxylation is 3. The second-order valence-corrected chi connectivity index (χ2v) is 6.06. The Labute approximate surface area is 117 Å². The van der Waals surface area contributed by atoms with Crippen LogP contribution >= 0.6 is 0 Å². The summed E-state index contributed by atoms with van der Waals surface area (Å²) in [7, 11) is 0. The smallest absolute Gasteiger partial charge is 0.0810 e. The third-order valence-electron chi connectivity index (χ3n) is 4.24. The van der Waals surface area contributed by atoms with E-state index in [0.29, 0.717) is 6.04 Å². The van der Waals surface area contributed by atoms with Crippen molar-refractivity contribution >= 4 is 0 Å². The van der Waals surface area contributed by atoms with Gasteiger partial charge in [0.15, 0.2) is 0 Å². The van der Waals surface area contributed by atoms with Crippen molar-refractivity contribution in [1.29, 1.82) is 0 Å². The number of hydrogen-bond donors (Lipinski definition) is 2. The molecule has 2 heteroatoms. The van der Waals surface area contributed by atoms with Crippen LogP contribution in [0.2, 0.25) is 0 Å². The summed E-state index contributed by atoms with van der Waals surface area (Å²) >= 11 is 0. The number of aliphatic hydroxyl groups excluding tert-OH is 1. The summed E-state index contributed by atoms with van der Waals surface area (Å²) in [5, 5.41) is 14.1. The Morgan fingerprint density at radius 1 is 1.16 bits per heavy atom. The second-order valence-electron chi connectivity index (χ2n) is 6.06. The van der Waals surface area contributed by atoms with Crippen molar-refractivity contribution in [2.45, 2.75) is 65.0 Å². The van der Waals surface area contributed by atoms with Gasteiger partial charge in [-0.15, -0.1) is 0 Å². The van der Waals surface area contributed by atoms with Gasteiger partial charge in [-0.1, -0.05) is 30.5 Å². The van der Waals surface area contributed by atoms with Gasteiger partial charge in [0.25, 0.3) is 0 Å². The maximum Gasteiger partial charge on any atom is 0.0810 e. The molecule has 1 heterocycles. The van der Waals surface area contributed by atoms with Gasteiger partial charge in [0, 0.05) is 6.04 Å². The van der Waals surface area contributed by atoms with Crippen LogP contribution in [0.4, 0.5) is 0 Å². The van der Waals surface area contributed by atoms with Crippen LogP contribution in [-0.4, -0.2) is 17.7 Å². The van der Waals surface area contributed by atoms with E-state index in [1.54, 1.807) is 0 Å². The molecule has 1 fully saturated rings. The summed E-state index contributed by atoms with van der Waals surface area (Å²) in [6, 6.07) is 4.82. The van der Waals surface area contributed by atoms with Gasteiger partial charge in [-0.05, 0) is 63.3 Å². The molecule has 1 aromatic carbocycles. The molecule has 0 amide bonds. The lowest BCUT2D eigenvalue weighted by Gasteiger charge is -2.23. The molecule has 2 N–H and O–H groups in total. The Morgan fingerprint density at radius 2 is 1.84 bits per heavy atom. The molecule has 0 spiro atoms. The maximum absolute atomic E-state index is 10.6. The minimum Gasteiger partial charge on any atom is -0.388 e. The molecule has 1 aliphatic heterocycles. The van der Waals surface area contributed by atoms with Crippen molar-refractivity contribution in [2.24, 2.45) is 0 Å². The summed E-state index contributed by atoms with van der Waals surface area (Å²) in [4.78, 5) is 0. The van der Waals surface area contributed by atoms with Gasteiger partial charge in [0.1, 0.15) is 0 Å². The predicted octanol–water partition coefficient (Wildman–Crippen LogP) is 3.57. The fraction of sp³-hybridized carbons (Fsp3) is 0.647. The van der Waals surface area contributed by atoms with E-state index < -0.39 is 0 Å². The first-order valence-electron chi connectivity index (χ1n) is 7.57. The summed E-state index contributed by atoms with van der Waals surface area (Å²) in [6.45, 7) is 7.43. The van der Waals surface area contributed by atoms with E-state index in [9.17, 15) is 5.11 Å². The summed E-state index contributed by atoms with van der Waals surface area (Å²) in [5.41, 5.74) is 4.85. The lowest BCUT2D eigenvalue weighted by atomic mass is 9.91. The minimum atomic E-state index is -0.337. The van der Waals surface area contributed by atoms with Crippen molar-refractivity contribution in [3.8, 4) is 0 Å². The van der Waals surface area contributed by atoms with Gasteiger partial charge in [0.2, 0.25) is 0 Å². The molecule has 106 valence electrons. The number of rotatable bonds is 3. The van der Waals surface area contributed by atoms with Crippen LogP contribution in [-0.2, 0) is 0 Å². The zero-order valence-electron chi connectivity index (χ0n) is 12.5. The monoisotopic (exact) mass is 261 g/mol. The Kier molecular flexibility index (Phi) is 5.00. The van der Waals surface area contributed by atoms with Crippen LogP contribution in [0.25, 0.3) is 0 Å². The number of benzene rings is 1. The van der Waals surface area contributed by atoms with Crippen LogP contribution < -0.4 is 5.32 Å². The Hall–Kier alpha value is -0.860.